The van der Waals surface area contributed by atoms with Crippen molar-refractivity contribution in [2.75, 3.05) is 26.2 Å². The molecule has 8 heteroatoms. The second-order valence-corrected chi connectivity index (χ2v) is 6.78. The van der Waals surface area contributed by atoms with Crippen LogP contribution in [0.3, 0.4) is 0 Å². The van der Waals surface area contributed by atoms with Crippen LogP contribution in [0, 0.1) is 0 Å². The molecular formula is C18H28ClN5O2. The quantitative estimate of drug-likeness (QED) is 0.520. The van der Waals surface area contributed by atoms with E-state index in [1.807, 2.05) is 26.0 Å². The Bertz CT molecular complexity index is 600. The van der Waals surface area contributed by atoms with Crippen molar-refractivity contribution in [3.8, 4) is 5.75 Å². The van der Waals surface area contributed by atoms with Crippen molar-refractivity contribution in [1.29, 1.82) is 0 Å². The van der Waals surface area contributed by atoms with Crippen molar-refractivity contribution in [3.05, 3.63) is 29.3 Å². The van der Waals surface area contributed by atoms with Crippen LogP contribution in [0.5, 0.6) is 5.75 Å². The van der Waals surface area contributed by atoms with Crippen LogP contribution in [-0.4, -0.2) is 55.2 Å². The summed E-state index contributed by atoms with van der Waals surface area (Å²) >= 11 is 5.88. The summed E-state index contributed by atoms with van der Waals surface area (Å²) in [5, 5.41) is 7.37. The number of hydrogen-bond donors (Lipinski definition) is 3. The Labute approximate surface area is 159 Å². The van der Waals surface area contributed by atoms with Gasteiger partial charge in [0.25, 0.3) is 0 Å². The third-order valence-corrected chi connectivity index (χ3v) is 4.40. The van der Waals surface area contributed by atoms with Crippen LogP contribution < -0.4 is 21.1 Å². The molecule has 1 aromatic rings. The van der Waals surface area contributed by atoms with Gasteiger partial charge in [0, 0.05) is 30.7 Å². The number of primary amides is 1. The Morgan fingerprint density at radius 2 is 2.04 bits per heavy atom. The fraction of sp³-hybridized carbons (Fsp3) is 0.556. The van der Waals surface area contributed by atoms with Gasteiger partial charge >= 0.3 is 6.03 Å². The molecule has 0 radical (unpaired) electrons. The average Bonchev–Trinajstić information content (AvgIpc) is 2.62. The number of urea groups is 1. The molecule has 2 amide bonds. The molecule has 1 fully saturated rings. The Kier molecular flexibility index (Phi) is 7.84. The standard InChI is InChI=1S/C18H28ClN5O2/c1-3-21-18(23-15-8-10-24(11-9-15)17(20)25)22-12-13(2)26-16-6-4-14(19)5-7-16/h4-7,13,15H,3,8-12H2,1-2H3,(H2,20,25)(H2,21,22,23). The molecule has 7 nitrogen and oxygen atoms in total. The van der Waals surface area contributed by atoms with Gasteiger partial charge in [0.05, 0.1) is 6.54 Å². The number of piperidine rings is 1. The third kappa shape index (κ3) is 6.63. The molecular weight excluding hydrogens is 354 g/mol. The summed E-state index contributed by atoms with van der Waals surface area (Å²) in [7, 11) is 0. The molecule has 1 atom stereocenters. The summed E-state index contributed by atoms with van der Waals surface area (Å²) in [5.41, 5.74) is 5.32. The normalized spacial score (nSPS) is 16.9. The number of halogens is 1. The largest absolute Gasteiger partial charge is 0.489 e. The van der Waals surface area contributed by atoms with Crippen molar-refractivity contribution < 1.29 is 9.53 Å². The number of guanidine groups is 1. The number of carbonyl (C=O) groups is 1. The number of hydrogen-bond acceptors (Lipinski definition) is 3. The van der Waals surface area contributed by atoms with Crippen molar-refractivity contribution in [2.45, 2.75) is 38.8 Å². The SMILES string of the molecule is CCNC(=NCC(C)Oc1ccc(Cl)cc1)NC1CCN(C(N)=O)CC1. The molecule has 0 spiro atoms. The molecule has 0 aliphatic carbocycles. The molecule has 0 aromatic heterocycles. The fourth-order valence-corrected chi connectivity index (χ4v) is 2.89. The number of nitrogens with zero attached hydrogens (tertiary/aromatic N) is 2. The Balaban J connectivity index is 1.83. The maximum Gasteiger partial charge on any atom is 0.314 e. The lowest BCUT2D eigenvalue weighted by molar-refractivity contribution is 0.188. The number of nitrogens with one attached hydrogen (secondary N) is 2. The fourth-order valence-electron chi connectivity index (χ4n) is 2.76. The van der Waals surface area contributed by atoms with Crippen molar-refractivity contribution in [3.63, 3.8) is 0 Å². The lowest BCUT2D eigenvalue weighted by Crippen LogP contribution is -2.50. The number of nitrogens with two attached hydrogens (primary N) is 1. The van der Waals surface area contributed by atoms with E-state index in [-0.39, 0.29) is 18.2 Å². The lowest BCUT2D eigenvalue weighted by atomic mass is 10.1. The molecule has 26 heavy (non-hydrogen) atoms. The van der Waals surface area contributed by atoms with Crippen LogP contribution >= 0.6 is 11.6 Å². The second kappa shape index (κ2) is 10.1. The smallest absolute Gasteiger partial charge is 0.314 e. The molecule has 1 unspecified atom stereocenters. The highest BCUT2D eigenvalue weighted by Crippen LogP contribution is 2.16. The number of rotatable bonds is 6. The minimum Gasteiger partial charge on any atom is -0.489 e. The summed E-state index contributed by atoms with van der Waals surface area (Å²) in [4.78, 5) is 17.5. The first kappa shape index (κ1) is 20.2. The molecule has 0 bridgehead atoms. The molecule has 1 aliphatic heterocycles. The number of ether oxygens (including phenoxy) is 1. The predicted octanol–water partition coefficient (Wildman–Crippen LogP) is 2.21. The van der Waals surface area contributed by atoms with Gasteiger partial charge in [-0.2, -0.15) is 0 Å². The van der Waals surface area contributed by atoms with Gasteiger partial charge in [0.2, 0.25) is 0 Å². The van der Waals surface area contributed by atoms with E-state index < -0.39 is 0 Å². The van der Waals surface area contributed by atoms with Crippen LogP contribution in [0.2, 0.25) is 5.02 Å². The topological polar surface area (TPSA) is 92.0 Å². The van der Waals surface area contributed by atoms with Crippen molar-refractivity contribution in [1.82, 2.24) is 15.5 Å². The number of amides is 2. The van der Waals surface area contributed by atoms with E-state index in [1.165, 1.54) is 0 Å². The van der Waals surface area contributed by atoms with E-state index >= 15 is 0 Å². The zero-order valence-corrected chi connectivity index (χ0v) is 16.1. The molecule has 4 N–H and O–H groups in total. The predicted molar refractivity (Wildman–Crippen MR) is 105 cm³/mol. The molecule has 1 aromatic carbocycles. The van der Waals surface area contributed by atoms with Gasteiger partial charge in [-0.05, 0) is 51.0 Å². The summed E-state index contributed by atoms with van der Waals surface area (Å²) in [6, 6.07) is 7.22. The lowest BCUT2D eigenvalue weighted by Gasteiger charge is -2.32. The van der Waals surface area contributed by atoms with E-state index in [9.17, 15) is 4.79 Å². The molecule has 1 aliphatic rings. The van der Waals surface area contributed by atoms with E-state index in [4.69, 9.17) is 22.1 Å². The Hall–Kier alpha value is -2.15. The van der Waals surface area contributed by atoms with Gasteiger partial charge in [-0.15, -0.1) is 0 Å². The first-order chi connectivity index (χ1) is 12.5. The van der Waals surface area contributed by atoms with E-state index in [0.717, 1.165) is 31.1 Å². The summed E-state index contributed by atoms with van der Waals surface area (Å²) < 4.78 is 5.85. The molecule has 1 saturated heterocycles. The number of benzene rings is 1. The first-order valence-electron chi connectivity index (χ1n) is 8.99. The highest BCUT2D eigenvalue weighted by Gasteiger charge is 2.21. The van der Waals surface area contributed by atoms with Crippen LogP contribution in [0.1, 0.15) is 26.7 Å². The zero-order chi connectivity index (χ0) is 18.9. The van der Waals surface area contributed by atoms with Gasteiger partial charge < -0.3 is 26.0 Å². The van der Waals surface area contributed by atoms with Crippen LogP contribution in [0.4, 0.5) is 4.79 Å². The average molecular weight is 382 g/mol. The van der Waals surface area contributed by atoms with Crippen LogP contribution in [0.25, 0.3) is 0 Å². The van der Waals surface area contributed by atoms with Crippen LogP contribution in [0.15, 0.2) is 29.3 Å². The van der Waals surface area contributed by atoms with E-state index in [1.54, 1.807) is 17.0 Å². The highest BCUT2D eigenvalue weighted by atomic mass is 35.5. The zero-order valence-electron chi connectivity index (χ0n) is 15.4. The number of carbonyl (C=O) groups excluding carboxylic acids is 1. The van der Waals surface area contributed by atoms with Gasteiger partial charge in [-0.1, -0.05) is 11.6 Å². The number of aliphatic imine (C=N–C) groups is 1. The minimum absolute atomic E-state index is 0.0664. The molecule has 0 saturated carbocycles. The maximum atomic E-state index is 11.2. The van der Waals surface area contributed by atoms with Crippen molar-refractivity contribution >= 4 is 23.6 Å². The molecule has 2 rings (SSSR count). The highest BCUT2D eigenvalue weighted by molar-refractivity contribution is 6.30. The summed E-state index contributed by atoms with van der Waals surface area (Å²) in [6.45, 7) is 6.65. The molecule has 144 valence electrons. The molecule has 1 heterocycles. The van der Waals surface area contributed by atoms with Gasteiger partial charge in [-0.25, -0.2) is 9.79 Å². The van der Waals surface area contributed by atoms with E-state index in [2.05, 4.69) is 15.6 Å². The van der Waals surface area contributed by atoms with Gasteiger partial charge in [0.15, 0.2) is 5.96 Å². The summed E-state index contributed by atoms with van der Waals surface area (Å²) in [6.07, 6.45) is 1.64. The number of likely N-dealkylation sites (tertiary alicyclic amines) is 1. The summed E-state index contributed by atoms with van der Waals surface area (Å²) in [5.74, 6) is 1.53. The van der Waals surface area contributed by atoms with Gasteiger partial charge in [0.1, 0.15) is 11.9 Å². The van der Waals surface area contributed by atoms with Gasteiger partial charge in [-0.3, -0.25) is 0 Å². The van der Waals surface area contributed by atoms with Crippen LogP contribution in [-0.2, 0) is 0 Å². The Morgan fingerprint density at radius 1 is 1.38 bits per heavy atom. The Morgan fingerprint density at radius 3 is 2.62 bits per heavy atom. The van der Waals surface area contributed by atoms with Crippen molar-refractivity contribution in [2.24, 2.45) is 10.7 Å². The third-order valence-electron chi connectivity index (χ3n) is 4.15. The monoisotopic (exact) mass is 381 g/mol. The minimum atomic E-state index is -0.350. The maximum absolute atomic E-state index is 11.2. The second-order valence-electron chi connectivity index (χ2n) is 6.35. The first-order valence-corrected chi connectivity index (χ1v) is 9.37. The van der Waals surface area contributed by atoms with E-state index in [0.29, 0.717) is 24.7 Å².